The number of alkyl halides is 3. The Labute approximate surface area is 203 Å². The Hall–Kier alpha value is -4.08. The summed E-state index contributed by atoms with van der Waals surface area (Å²) in [6, 6.07) is 7.13. The smallest absolute Gasteiger partial charge is 0.416 e. The zero-order valence-electron chi connectivity index (χ0n) is 19.9. The number of aromatic amines is 1. The number of rotatable bonds is 5. The fourth-order valence-electron chi connectivity index (χ4n) is 4.10. The van der Waals surface area contributed by atoms with Gasteiger partial charge in [-0.25, -0.2) is 4.39 Å². The highest BCUT2D eigenvalue weighted by molar-refractivity contribution is 6.02. The maximum atomic E-state index is 13.8. The Morgan fingerprint density at radius 3 is 2.36 bits per heavy atom. The lowest BCUT2D eigenvalue weighted by Gasteiger charge is -2.16. The number of aryl methyl sites for hydroxylation is 3. The first-order valence-corrected chi connectivity index (χ1v) is 11.1. The van der Waals surface area contributed by atoms with Gasteiger partial charge in [0.1, 0.15) is 28.5 Å². The summed E-state index contributed by atoms with van der Waals surface area (Å²) in [4.78, 5) is 27.8. The summed E-state index contributed by atoms with van der Waals surface area (Å²) in [5, 5.41) is 2.91. The number of pyridine rings is 1. The summed E-state index contributed by atoms with van der Waals surface area (Å²) < 4.78 is 62.3. The van der Waals surface area contributed by atoms with Crippen molar-refractivity contribution >= 4 is 16.8 Å². The SMILES string of the molecule is CCNC(=O)c1cc2c(-c3cc(Oc4c(C)cc(F)cc4C)cc(C(F)(F)F)c3)cn(C)c(=O)c2[nH]1. The first-order valence-electron chi connectivity index (χ1n) is 11.1. The van der Waals surface area contributed by atoms with E-state index in [0.717, 1.165) is 12.1 Å². The highest BCUT2D eigenvalue weighted by Crippen LogP contribution is 2.39. The van der Waals surface area contributed by atoms with Gasteiger partial charge in [-0.1, -0.05) is 0 Å². The number of aromatic nitrogens is 2. The first kappa shape index (κ1) is 25.0. The number of hydrogen-bond acceptors (Lipinski definition) is 3. The molecule has 4 aromatic rings. The highest BCUT2D eigenvalue weighted by Gasteiger charge is 2.32. The predicted molar refractivity (Wildman–Crippen MR) is 128 cm³/mol. The molecule has 0 aliphatic rings. The van der Waals surface area contributed by atoms with Crippen molar-refractivity contribution in [2.75, 3.05) is 6.54 Å². The molecule has 0 aliphatic heterocycles. The molecule has 2 heterocycles. The quantitative estimate of drug-likeness (QED) is 0.337. The molecule has 2 N–H and O–H groups in total. The fraction of sp³-hybridized carbons (Fsp3) is 0.231. The molecule has 188 valence electrons. The van der Waals surface area contributed by atoms with Crippen molar-refractivity contribution in [1.82, 2.24) is 14.9 Å². The lowest BCUT2D eigenvalue weighted by atomic mass is 10.0. The molecule has 1 amide bonds. The fourth-order valence-corrected chi connectivity index (χ4v) is 4.10. The number of H-pyrrole nitrogens is 1. The maximum absolute atomic E-state index is 13.8. The van der Waals surface area contributed by atoms with Crippen LogP contribution in [0, 0.1) is 19.7 Å². The average Bonchev–Trinajstić information content (AvgIpc) is 3.24. The molecule has 0 unspecified atom stereocenters. The van der Waals surface area contributed by atoms with Gasteiger partial charge in [-0.2, -0.15) is 13.2 Å². The van der Waals surface area contributed by atoms with Crippen LogP contribution in [-0.4, -0.2) is 22.0 Å². The van der Waals surface area contributed by atoms with E-state index < -0.39 is 29.0 Å². The summed E-state index contributed by atoms with van der Waals surface area (Å²) in [6.07, 6.45) is -3.28. The van der Waals surface area contributed by atoms with Crippen LogP contribution in [0.15, 0.2) is 47.4 Å². The Bertz CT molecular complexity index is 1530. The largest absolute Gasteiger partial charge is 0.457 e. The Balaban J connectivity index is 1.94. The van der Waals surface area contributed by atoms with Crippen molar-refractivity contribution in [3.8, 4) is 22.6 Å². The van der Waals surface area contributed by atoms with Crippen molar-refractivity contribution in [2.24, 2.45) is 7.05 Å². The van der Waals surface area contributed by atoms with Gasteiger partial charge in [-0.05, 0) is 73.9 Å². The van der Waals surface area contributed by atoms with Crippen molar-refractivity contribution < 1.29 is 27.1 Å². The summed E-state index contributed by atoms with van der Waals surface area (Å²) >= 11 is 0. The molecular weight excluding hydrogens is 478 g/mol. The third kappa shape index (κ3) is 4.71. The lowest BCUT2D eigenvalue weighted by molar-refractivity contribution is -0.137. The molecule has 0 spiro atoms. The van der Waals surface area contributed by atoms with E-state index in [0.29, 0.717) is 28.6 Å². The van der Waals surface area contributed by atoms with Crippen LogP contribution in [0.3, 0.4) is 0 Å². The van der Waals surface area contributed by atoms with E-state index in [1.165, 1.54) is 42.1 Å². The third-order valence-corrected chi connectivity index (χ3v) is 5.74. The van der Waals surface area contributed by atoms with Crippen LogP contribution in [-0.2, 0) is 13.2 Å². The van der Waals surface area contributed by atoms with E-state index >= 15 is 0 Å². The highest BCUT2D eigenvalue weighted by atomic mass is 19.4. The molecule has 0 radical (unpaired) electrons. The minimum absolute atomic E-state index is 0.0846. The van der Waals surface area contributed by atoms with Crippen LogP contribution in [0.5, 0.6) is 11.5 Å². The number of carbonyl (C=O) groups is 1. The second kappa shape index (κ2) is 9.18. The average molecular weight is 501 g/mol. The molecule has 0 saturated carbocycles. The Morgan fingerprint density at radius 1 is 1.08 bits per heavy atom. The van der Waals surface area contributed by atoms with E-state index in [1.807, 2.05) is 0 Å². The molecule has 2 aromatic carbocycles. The van der Waals surface area contributed by atoms with Gasteiger partial charge in [-0.3, -0.25) is 9.59 Å². The monoisotopic (exact) mass is 501 g/mol. The van der Waals surface area contributed by atoms with E-state index in [9.17, 15) is 27.2 Å². The van der Waals surface area contributed by atoms with Crippen LogP contribution < -0.4 is 15.6 Å². The molecule has 4 rings (SSSR count). The van der Waals surface area contributed by atoms with Crippen molar-refractivity contribution in [3.63, 3.8) is 0 Å². The van der Waals surface area contributed by atoms with Crippen LogP contribution in [0.4, 0.5) is 17.6 Å². The summed E-state index contributed by atoms with van der Waals surface area (Å²) in [5.41, 5.74) is 0.0565. The van der Waals surface area contributed by atoms with Gasteiger partial charge < -0.3 is 19.6 Å². The maximum Gasteiger partial charge on any atom is 0.416 e. The molecule has 0 atom stereocenters. The van der Waals surface area contributed by atoms with Gasteiger partial charge >= 0.3 is 6.18 Å². The number of nitrogens with zero attached hydrogens (tertiary/aromatic N) is 1. The number of benzene rings is 2. The minimum Gasteiger partial charge on any atom is -0.457 e. The molecular formula is C26H23F4N3O3. The van der Waals surface area contributed by atoms with Gasteiger partial charge in [-0.15, -0.1) is 0 Å². The number of amides is 1. The first-order chi connectivity index (χ1) is 16.9. The molecule has 36 heavy (non-hydrogen) atoms. The summed E-state index contributed by atoms with van der Waals surface area (Å²) in [6.45, 7) is 5.29. The van der Waals surface area contributed by atoms with Crippen LogP contribution in [0.1, 0.15) is 34.1 Å². The number of fused-ring (bicyclic) bond motifs is 1. The van der Waals surface area contributed by atoms with Gasteiger partial charge in [0.25, 0.3) is 11.5 Å². The molecule has 6 nitrogen and oxygen atoms in total. The second-order valence-electron chi connectivity index (χ2n) is 8.50. The minimum atomic E-state index is -4.69. The molecule has 0 aliphatic carbocycles. The molecule has 0 saturated heterocycles. The summed E-state index contributed by atoms with van der Waals surface area (Å²) in [5.74, 6) is -0.798. The van der Waals surface area contributed by atoms with Crippen LogP contribution in [0.25, 0.3) is 22.0 Å². The van der Waals surface area contributed by atoms with E-state index in [1.54, 1.807) is 20.8 Å². The van der Waals surface area contributed by atoms with Crippen molar-refractivity contribution in [3.05, 3.63) is 81.2 Å². The van der Waals surface area contributed by atoms with Crippen molar-refractivity contribution in [1.29, 1.82) is 0 Å². The second-order valence-corrected chi connectivity index (χ2v) is 8.50. The van der Waals surface area contributed by atoms with Crippen LogP contribution >= 0.6 is 0 Å². The zero-order valence-corrected chi connectivity index (χ0v) is 19.9. The molecule has 0 bridgehead atoms. The Kier molecular flexibility index (Phi) is 6.38. The standard InChI is InChI=1S/C26H23F4N3O3/c1-5-31-24(34)21-11-19-20(12-33(4)25(35)22(19)32-21)15-8-16(26(28,29)30)10-18(9-15)36-23-13(2)6-17(27)7-14(23)3/h6-12,32H,5H2,1-4H3,(H,31,34). The van der Waals surface area contributed by atoms with Gasteiger partial charge in [0.05, 0.1) is 5.56 Å². The predicted octanol–water partition coefficient (Wildman–Crippen LogP) is 5.85. The number of nitrogens with one attached hydrogen (secondary N) is 2. The lowest BCUT2D eigenvalue weighted by Crippen LogP contribution is -2.23. The number of halogens is 4. The van der Waals surface area contributed by atoms with Gasteiger partial charge in [0.15, 0.2) is 0 Å². The molecule has 2 aromatic heterocycles. The molecule has 0 fully saturated rings. The number of hydrogen-bond donors (Lipinski definition) is 2. The Morgan fingerprint density at radius 2 is 1.75 bits per heavy atom. The normalized spacial score (nSPS) is 11.7. The van der Waals surface area contributed by atoms with E-state index in [-0.39, 0.29) is 28.3 Å². The zero-order chi connectivity index (χ0) is 26.4. The van der Waals surface area contributed by atoms with E-state index in [4.69, 9.17) is 4.74 Å². The van der Waals surface area contributed by atoms with Gasteiger partial charge in [0.2, 0.25) is 0 Å². The van der Waals surface area contributed by atoms with Crippen molar-refractivity contribution in [2.45, 2.75) is 26.9 Å². The van der Waals surface area contributed by atoms with E-state index in [2.05, 4.69) is 10.3 Å². The van der Waals surface area contributed by atoms with Gasteiger partial charge in [0, 0.05) is 30.7 Å². The van der Waals surface area contributed by atoms with Crippen LogP contribution in [0.2, 0.25) is 0 Å². The molecule has 10 heteroatoms. The summed E-state index contributed by atoms with van der Waals surface area (Å²) in [7, 11) is 1.47. The number of carbonyl (C=O) groups excluding carboxylic acids is 1. The third-order valence-electron chi connectivity index (χ3n) is 5.74. The topological polar surface area (TPSA) is 76.1 Å². The number of ether oxygens (including phenoxy) is 1.